The maximum absolute atomic E-state index is 2.64. The van der Waals surface area contributed by atoms with E-state index in [1.165, 1.54) is 51.4 Å². The van der Waals surface area contributed by atoms with E-state index >= 15 is 0 Å². The van der Waals surface area contributed by atoms with Crippen molar-refractivity contribution in [3.8, 4) is 0 Å². The van der Waals surface area contributed by atoms with E-state index in [9.17, 15) is 0 Å². The first-order chi connectivity index (χ1) is 10.3. The van der Waals surface area contributed by atoms with Crippen molar-refractivity contribution < 1.29 is 45.1 Å². The Kier molecular flexibility index (Phi) is 9.14. The van der Waals surface area contributed by atoms with Gasteiger partial charge in [-0.05, 0) is 0 Å². The smallest absolute Gasteiger partial charge is 1.00 e. The summed E-state index contributed by atoms with van der Waals surface area (Å²) in [5.41, 5.74) is 3.32. The van der Waals surface area contributed by atoms with Crippen LogP contribution in [0.15, 0.2) is 42.0 Å². The summed E-state index contributed by atoms with van der Waals surface area (Å²) in [7, 11) is 0. The van der Waals surface area contributed by atoms with E-state index in [-0.39, 0.29) is 24.8 Å². The molecule has 3 aliphatic rings. The predicted molar refractivity (Wildman–Crippen MR) is 90.2 cm³/mol. The van der Waals surface area contributed by atoms with Gasteiger partial charge in [0.25, 0.3) is 0 Å². The predicted octanol–water partition coefficient (Wildman–Crippen LogP) is 0.807. The van der Waals surface area contributed by atoms with Crippen LogP contribution in [0.4, 0.5) is 0 Å². The van der Waals surface area contributed by atoms with Crippen molar-refractivity contribution in [2.75, 3.05) is 0 Å². The number of rotatable bonds is 8. The Morgan fingerprint density at radius 1 is 0.783 bits per heavy atom. The van der Waals surface area contributed by atoms with Crippen molar-refractivity contribution in [1.82, 2.24) is 0 Å². The molecule has 1 heterocycles. The van der Waals surface area contributed by atoms with Gasteiger partial charge >= 0.3 is 136 Å². The quantitative estimate of drug-likeness (QED) is 0.533. The van der Waals surface area contributed by atoms with Gasteiger partial charge < -0.3 is 24.8 Å². The molecule has 128 valence electrons. The molecule has 0 atom stereocenters. The molecule has 0 radical (unpaired) electrons. The normalized spacial score (nSPS) is 19.4. The molecule has 0 N–H and O–H groups in total. The van der Waals surface area contributed by atoms with Gasteiger partial charge in [-0.3, -0.25) is 0 Å². The molecule has 0 aromatic carbocycles. The van der Waals surface area contributed by atoms with Gasteiger partial charge in [0.1, 0.15) is 0 Å². The first kappa shape index (κ1) is 21.5. The zero-order valence-electron chi connectivity index (χ0n) is 14.6. The summed E-state index contributed by atoms with van der Waals surface area (Å²) in [4.78, 5) is 0. The van der Waals surface area contributed by atoms with Gasteiger partial charge in [-0.15, -0.1) is 0 Å². The second-order valence-corrected chi connectivity index (χ2v) is 18.0. The monoisotopic (exact) mass is 430 g/mol. The molecular formula is C20H30Cl2Zr. The number of unbranched alkanes of at least 4 members (excludes halogenated alkanes) is 2. The third-order valence-corrected chi connectivity index (χ3v) is 16.9. The van der Waals surface area contributed by atoms with Crippen LogP contribution in [0.5, 0.6) is 0 Å². The molecule has 0 aromatic heterocycles. The Balaban J connectivity index is 0.00000132. The molecular weight excluding hydrogens is 402 g/mol. The maximum atomic E-state index is 2.64. The molecule has 0 aromatic rings. The van der Waals surface area contributed by atoms with Crippen molar-refractivity contribution in [3.63, 3.8) is 0 Å². The summed E-state index contributed by atoms with van der Waals surface area (Å²) in [6.07, 6.45) is 21.0. The van der Waals surface area contributed by atoms with E-state index in [4.69, 9.17) is 0 Å². The van der Waals surface area contributed by atoms with Crippen molar-refractivity contribution in [2.45, 2.75) is 73.5 Å². The van der Waals surface area contributed by atoms with Crippen molar-refractivity contribution in [1.29, 1.82) is 0 Å². The Labute approximate surface area is 159 Å². The summed E-state index contributed by atoms with van der Waals surface area (Å²) in [5.74, 6) is 0. The van der Waals surface area contributed by atoms with E-state index < -0.39 is 20.3 Å². The zero-order chi connectivity index (χ0) is 14.7. The van der Waals surface area contributed by atoms with Gasteiger partial charge in [0.2, 0.25) is 0 Å². The number of hydrogen-bond acceptors (Lipinski definition) is 0. The van der Waals surface area contributed by atoms with Crippen LogP contribution in [0.3, 0.4) is 0 Å². The minimum Gasteiger partial charge on any atom is -1.00 e. The first-order valence-electron chi connectivity index (χ1n) is 9.08. The summed E-state index contributed by atoms with van der Waals surface area (Å²) >= 11 is -1.96. The van der Waals surface area contributed by atoms with Gasteiger partial charge in [-0.1, -0.05) is 0 Å². The fraction of sp³-hybridized carbons (Fsp3) is 0.600. The molecule has 3 rings (SSSR count). The third kappa shape index (κ3) is 4.96. The van der Waals surface area contributed by atoms with Gasteiger partial charge in [0, 0.05) is 0 Å². The van der Waals surface area contributed by atoms with Crippen LogP contribution in [0, 0.1) is 0 Å². The van der Waals surface area contributed by atoms with Crippen molar-refractivity contribution in [3.05, 3.63) is 42.0 Å². The van der Waals surface area contributed by atoms with E-state index in [0.29, 0.717) is 0 Å². The van der Waals surface area contributed by atoms with Gasteiger partial charge in [0.05, 0.1) is 0 Å². The van der Waals surface area contributed by atoms with E-state index in [1.807, 2.05) is 6.56 Å². The van der Waals surface area contributed by atoms with E-state index in [1.54, 1.807) is 19.4 Å². The maximum Gasteiger partial charge on any atom is -1.00 e. The molecule has 0 amide bonds. The van der Waals surface area contributed by atoms with Crippen LogP contribution in [0.25, 0.3) is 0 Å². The molecule has 3 heteroatoms. The van der Waals surface area contributed by atoms with Crippen LogP contribution in [0.1, 0.15) is 65.2 Å². The Bertz CT molecular complexity index is 478. The topological polar surface area (TPSA) is 0 Å². The van der Waals surface area contributed by atoms with Gasteiger partial charge in [0.15, 0.2) is 0 Å². The summed E-state index contributed by atoms with van der Waals surface area (Å²) < 4.78 is 7.09. The Morgan fingerprint density at radius 3 is 1.57 bits per heavy atom. The summed E-state index contributed by atoms with van der Waals surface area (Å²) in [6.45, 7) is 4.60. The second-order valence-electron chi connectivity index (χ2n) is 7.09. The average Bonchev–Trinajstić information content (AvgIpc) is 2.97. The fourth-order valence-corrected chi connectivity index (χ4v) is 17.0. The Hall–Kier alpha value is 0.423. The van der Waals surface area contributed by atoms with Crippen LogP contribution in [0.2, 0.25) is 8.26 Å². The average molecular weight is 433 g/mol. The largest absolute Gasteiger partial charge is 1.00 e. The molecule has 0 bridgehead atoms. The molecule has 0 nitrogen and oxygen atoms in total. The number of hydrogen-bond donors (Lipinski definition) is 0. The number of halogens is 2. The van der Waals surface area contributed by atoms with Crippen molar-refractivity contribution >= 4 is 0 Å². The van der Waals surface area contributed by atoms with Gasteiger partial charge in [-0.25, -0.2) is 0 Å². The Morgan fingerprint density at radius 2 is 1.22 bits per heavy atom. The number of allylic oxidation sites excluding steroid dienone is 8. The van der Waals surface area contributed by atoms with Crippen LogP contribution in [-0.4, -0.2) is 0 Å². The molecule has 2 aliphatic carbocycles. The molecule has 0 spiro atoms. The summed E-state index contributed by atoms with van der Waals surface area (Å²) in [6, 6.07) is 0. The molecule has 23 heavy (non-hydrogen) atoms. The molecule has 0 unspecified atom stereocenters. The first-order valence-corrected chi connectivity index (χ1v) is 15.0. The second kappa shape index (κ2) is 9.79. The fourth-order valence-electron chi connectivity index (χ4n) is 3.92. The molecule has 1 saturated heterocycles. The van der Waals surface area contributed by atoms with Crippen LogP contribution in [-0.2, 0) is 20.3 Å². The van der Waals surface area contributed by atoms with E-state index in [2.05, 4.69) is 38.2 Å². The SMILES string of the molecule is CCCCC1=CC[C]([Zr+2]2([C]3=CC(CCCC)=CC3)[CH2][CH2]2)=C1.[Cl-].[Cl-]. The van der Waals surface area contributed by atoms with Gasteiger partial charge in [-0.2, -0.15) is 0 Å². The minimum absolute atomic E-state index is 0. The minimum atomic E-state index is -1.96. The van der Waals surface area contributed by atoms with Crippen LogP contribution < -0.4 is 24.8 Å². The zero-order valence-corrected chi connectivity index (χ0v) is 18.6. The molecule has 1 aliphatic heterocycles. The van der Waals surface area contributed by atoms with Crippen LogP contribution >= 0.6 is 0 Å². The van der Waals surface area contributed by atoms with E-state index in [0.717, 1.165) is 0 Å². The summed E-state index contributed by atoms with van der Waals surface area (Å²) in [5, 5.41) is 0. The standard InChI is InChI=1S/2C9H13.C2H4.2ClH.Zr/c2*1-2-3-6-9-7-4-5-8-9;1-2;;;/h2*7-8H,2-4,6H2,1H3;1-2H2;2*1H;/q;;;;;+2/p-2. The third-order valence-electron chi connectivity index (χ3n) is 5.50. The molecule has 0 saturated carbocycles. The molecule has 1 fully saturated rings. The van der Waals surface area contributed by atoms with Crippen molar-refractivity contribution in [2.24, 2.45) is 0 Å².